The van der Waals surface area contributed by atoms with E-state index in [-0.39, 0.29) is 22.2 Å². The minimum atomic E-state index is -0.0988. The number of esters is 1. The topological polar surface area (TPSA) is 59.5 Å². The van der Waals surface area contributed by atoms with Crippen molar-refractivity contribution in [3.05, 3.63) is 197 Å². The molecule has 5 heteroatoms. The first kappa shape index (κ1) is 56.0. The molecule has 4 nitrogen and oxygen atoms in total. The molecule has 7 aromatic rings. The Hall–Kier alpha value is -5.72. The van der Waals surface area contributed by atoms with E-state index in [0.717, 1.165) is 39.0 Å². The summed E-state index contributed by atoms with van der Waals surface area (Å²) in [6, 6.07) is 59.2. The SMILES string of the molecule is CCCCC(CC)COC(=O)CCSc1cc(C[NH2+]Cc2ccc(-c3ccc(C(C)(C)C)cc3)cc2)ccc1-c1ccc(-c2ccc(C[NH2+]Cc3ccc(-c4ccc(C(C)(C)C)cc4)cc3)cc2)c(C(C)(C)C)c1. The van der Waals surface area contributed by atoms with Crippen LogP contribution in [0.3, 0.4) is 0 Å². The average Bonchev–Trinajstić information content (AvgIpc) is 3.38. The zero-order valence-corrected chi connectivity index (χ0v) is 47.6. The number of hydrogen-bond acceptors (Lipinski definition) is 3. The quantitative estimate of drug-likeness (QED) is 0.0525. The maximum absolute atomic E-state index is 13.1. The van der Waals surface area contributed by atoms with Crippen LogP contribution in [0.5, 0.6) is 0 Å². The van der Waals surface area contributed by atoms with Gasteiger partial charge in [0.2, 0.25) is 0 Å². The molecule has 0 saturated carbocycles. The van der Waals surface area contributed by atoms with Crippen LogP contribution in [0.15, 0.2) is 163 Å². The molecule has 0 spiro atoms. The lowest BCUT2D eigenvalue weighted by Crippen LogP contribution is -2.80. The fourth-order valence-electron chi connectivity index (χ4n) is 9.68. The van der Waals surface area contributed by atoms with Gasteiger partial charge in [-0.2, -0.15) is 0 Å². The van der Waals surface area contributed by atoms with Crippen LogP contribution in [-0.4, -0.2) is 18.3 Å². The maximum atomic E-state index is 13.1. The predicted octanol–water partition coefficient (Wildman–Crippen LogP) is 16.0. The highest BCUT2D eigenvalue weighted by molar-refractivity contribution is 7.99. The Labute approximate surface area is 450 Å². The Morgan fingerprint density at radius 1 is 0.486 bits per heavy atom. The Morgan fingerprint density at radius 3 is 1.35 bits per heavy atom. The molecule has 0 aromatic heterocycles. The van der Waals surface area contributed by atoms with Gasteiger partial charge in [0.15, 0.2) is 0 Å². The molecule has 0 bridgehead atoms. The lowest BCUT2D eigenvalue weighted by atomic mass is 9.80. The Kier molecular flexibility index (Phi) is 19.4. The van der Waals surface area contributed by atoms with Crippen LogP contribution in [-0.2, 0) is 52.0 Å². The minimum absolute atomic E-state index is 0.0856. The zero-order chi connectivity index (χ0) is 52.9. The molecule has 0 heterocycles. The first-order valence-corrected chi connectivity index (χ1v) is 28.5. The molecule has 4 N–H and O–H groups in total. The van der Waals surface area contributed by atoms with E-state index in [2.05, 4.69) is 245 Å². The van der Waals surface area contributed by atoms with Gasteiger partial charge >= 0.3 is 5.97 Å². The van der Waals surface area contributed by atoms with Crippen molar-refractivity contribution in [2.45, 2.75) is 156 Å². The number of unbranched alkanes of at least 4 members (excludes halogenated alkanes) is 1. The van der Waals surface area contributed by atoms with Gasteiger partial charge in [-0.3, -0.25) is 4.79 Å². The molecule has 0 fully saturated rings. The second kappa shape index (κ2) is 25.7. The second-order valence-corrected chi connectivity index (χ2v) is 24.8. The highest BCUT2D eigenvalue weighted by Crippen LogP contribution is 2.40. The van der Waals surface area contributed by atoms with E-state index in [1.165, 1.54) is 101 Å². The normalized spacial score (nSPS) is 12.5. The lowest BCUT2D eigenvalue weighted by Gasteiger charge is -2.25. The molecule has 1 unspecified atom stereocenters. The zero-order valence-electron chi connectivity index (χ0n) is 46.7. The molecular formula is C69H86N2O2S+2. The number of nitrogens with two attached hydrogens (primary N) is 2. The summed E-state index contributed by atoms with van der Waals surface area (Å²) in [7, 11) is 0. The molecule has 0 saturated heterocycles. The van der Waals surface area contributed by atoms with Crippen molar-refractivity contribution in [3.8, 4) is 44.5 Å². The molecular weight excluding hydrogens is 921 g/mol. The first-order valence-electron chi connectivity index (χ1n) is 27.6. The molecule has 1 atom stereocenters. The molecule has 0 amide bonds. The van der Waals surface area contributed by atoms with Gasteiger partial charge in [-0.1, -0.05) is 241 Å². The molecule has 7 aromatic carbocycles. The minimum Gasteiger partial charge on any atom is -0.465 e. The van der Waals surface area contributed by atoms with Crippen molar-refractivity contribution in [3.63, 3.8) is 0 Å². The standard InChI is InChI=1S/C69H84N2O2S/c1-12-14-15-49(13-2)48-73-66(72)40-41-74-65-42-53(47-71-46-51-18-25-55(26-19-51)57-31-36-61(37-32-57)68(6,7)8)22-38-63(65)59-33-39-62(64(43-59)69(9,10)11)58-27-20-52(21-28-58)45-70-44-50-16-23-54(24-17-50)56-29-34-60(35-30-56)67(3,4)5/h16-39,42-43,49,70-71H,12-15,40-41,44-48H2,1-11H3/p+2. The van der Waals surface area contributed by atoms with Crippen molar-refractivity contribution < 1.29 is 20.2 Å². The first-order chi connectivity index (χ1) is 35.4. The van der Waals surface area contributed by atoms with Crippen LogP contribution >= 0.6 is 11.8 Å². The summed E-state index contributed by atoms with van der Waals surface area (Å²) >= 11 is 1.77. The van der Waals surface area contributed by atoms with Crippen LogP contribution in [0.4, 0.5) is 0 Å². The Balaban J connectivity index is 1.02. The number of benzene rings is 7. The summed E-state index contributed by atoms with van der Waals surface area (Å²) in [6.45, 7) is 29.1. The molecule has 7 rings (SSSR count). The largest absolute Gasteiger partial charge is 0.465 e. The van der Waals surface area contributed by atoms with Crippen molar-refractivity contribution in [1.29, 1.82) is 0 Å². The molecule has 388 valence electrons. The van der Waals surface area contributed by atoms with E-state index in [4.69, 9.17) is 4.74 Å². The lowest BCUT2D eigenvalue weighted by molar-refractivity contribution is -0.686. The Morgan fingerprint density at radius 2 is 0.905 bits per heavy atom. The average molecular weight is 1010 g/mol. The molecule has 0 radical (unpaired) electrons. The third-order valence-corrected chi connectivity index (χ3v) is 15.7. The fraction of sp³-hybridized carbons (Fsp3) is 0.377. The van der Waals surface area contributed by atoms with E-state index in [1.807, 2.05) is 0 Å². The van der Waals surface area contributed by atoms with Crippen molar-refractivity contribution in [2.75, 3.05) is 12.4 Å². The number of carbonyl (C=O) groups is 1. The van der Waals surface area contributed by atoms with Crippen molar-refractivity contribution in [1.82, 2.24) is 0 Å². The number of hydrogen-bond donors (Lipinski definition) is 2. The van der Waals surface area contributed by atoms with Crippen molar-refractivity contribution >= 4 is 17.7 Å². The van der Waals surface area contributed by atoms with Gasteiger partial charge in [-0.25, -0.2) is 0 Å². The number of quaternary nitrogens is 2. The van der Waals surface area contributed by atoms with E-state index < -0.39 is 0 Å². The van der Waals surface area contributed by atoms with Gasteiger partial charge < -0.3 is 15.4 Å². The fourth-order valence-corrected chi connectivity index (χ4v) is 10.7. The summed E-state index contributed by atoms with van der Waals surface area (Å²) < 4.78 is 5.83. The van der Waals surface area contributed by atoms with E-state index in [1.54, 1.807) is 11.8 Å². The number of ether oxygens (including phenoxy) is 1. The van der Waals surface area contributed by atoms with Gasteiger partial charge in [0.25, 0.3) is 0 Å². The summed E-state index contributed by atoms with van der Waals surface area (Å²) in [5.74, 6) is 1.01. The number of carbonyl (C=O) groups excluding carboxylic acids is 1. The van der Waals surface area contributed by atoms with Gasteiger partial charge in [0.1, 0.15) is 26.2 Å². The molecule has 0 aliphatic heterocycles. The molecule has 0 aliphatic rings. The third-order valence-electron chi connectivity index (χ3n) is 14.6. The Bertz CT molecular complexity index is 2860. The highest BCUT2D eigenvalue weighted by atomic mass is 32.2. The second-order valence-electron chi connectivity index (χ2n) is 23.7. The number of rotatable bonds is 22. The number of thioether (sulfide) groups is 1. The van der Waals surface area contributed by atoms with Gasteiger partial charge in [0, 0.05) is 32.9 Å². The highest BCUT2D eigenvalue weighted by Gasteiger charge is 2.22. The van der Waals surface area contributed by atoms with Crippen LogP contribution < -0.4 is 10.6 Å². The van der Waals surface area contributed by atoms with Crippen LogP contribution in [0, 0.1) is 5.92 Å². The van der Waals surface area contributed by atoms with E-state index >= 15 is 0 Å². The summed E-state index contributed by atoms with van der Waals surface area (Å²) in [5.41, 5.74) is 19.4. The van der Waals surface area contributed by atoms with Gasteiger partial charge in [-0.05, 0) is 102 Å². The maximum Gasteiger partial charge on any atom is 0.306 e. The monoisotopic (exact) mass is 1010 g/mol. The summed E-state index contributed by atoms with van der Waals surface area (Å²) in [6.07, 6.45) is 4.89. The summed E-state index contributed by atoms with van der Waals surface area (Å²) in [4.78, 5) is 14.3. The summed E-state index contributed by atoms with van der Waals surface area (Å²) in [5, 5.41) is 4.78. The third kappa shape index (κ3) is 15.9. The van der Waals surface area contributed by atoms with E-state index in [0.29, 0.717) is 24.7 Å². The van der Waals surface area contributed by atoms with Gasteiger partial charge in [0.05, 0.1) is 13.0 Å². The van der Waals surface area contributed by atoms with Crippen LogP contribution in [0.2, 0.25) is 0 Å². The molecule has 0 aliphatic carbocycles. The van der Waals surface area contributed by atoms with E-state index in [9.17, 15) is 4.79 Å². The molecule has 74 heavy (non-hydrogen) atoms. The van der Waals surface area contributed by atoms with Crippen molar-refractivity contribution in [2.24, 2.45) is 5.92 Å². The smallest absolute Gasteiger partial charge is 0.306 e. The van der Waals surface area contributed by atoms with Crippen LogP contribution in [0.1, 0.15) is 147 Å². The predicted molar refractivity (Wildman–Crippen MR) is 315 cm³/mol. The van der Waals surface area contributed by atoms with Crippen LogP contribution in [0.25, 0.3) is 44.5 Å². The van der Waals surface area contributed by atoms with Gasteiger partial charge in [-0.15, -0.1) is 11.8 Å².